The molecular weight excluding hydrogens is 423 g/mol. The number of hydrogen-bond donors (Lipinski definition) is 0. The molecule has 5 rings (SSSR count). The molecule has 176 valence electrons. The minimum absolute atomic E-state index is 0.128. The van der Waals surface area contributed by atoms with Crippen LogP contribution in [0.4, 0.5) is 5.69 Å². The summed E-state index contributed by atoms with van der Waals surface area (Å²) in [6.45, 7) is 13.7. The molecule has 0 atom stereocenters. The van der Waals surface area contributed by atoms with Crippen molar-refractivity contribution in [2.24, 2.45) is 0 Å². The van der Waals surface area contributed by atoms with Crippen molar-refractivity contribution in [3.05, 3.63) is 95.2 Å². The Balaban J connectivity index is 1.84. The van der Waals surface area contributed by atoms with Crippen molar-refractivity contribution in [3.8, 4) is 22.4 Å². The molecule has 0 saturated heterocycles. The maximum Gasteiger partial charge on any atom is 0.324 e. The number of aromatic nitrogens is 1. The summed E-state index contributed by atoms with van der Waals surface area (Å²) in [6.07, 6.45) is 1.97. The van der Waals surface area contributed by atoms with E-state index < -0.39 is 0 Å². The maximum absolute atomic E-state index is 4.97. The Bertz CT molecular complexity index is 1360. The Morgan fingerprint density at radius 3 is 2.00 bits per heavy atom. The molecule has 2 heterocycles. The average Bonchev–Trinajstić information content (AvgIpc) is 2.83. The fraction of sp³-hybridized carbons (Fsp3) is 0.281. The van der Waals surface area contributed by atoms with E-state index in [0.29, 0.717) is 11.8 Å². The topological polar surface area (TPSA) is 16.1 Å². The SMILES string of the molecule is Cc1cc(C)cc(-c2nccc3c2N(C)B(c2c(C(C)C)cccc2C(C)C)c2ccccc2-3)c1. The first-order valence-corrected chi connectivity index (χ1v) is 12.8. The van der Waals surface area contributed by atoms with Crippen LogP contribution in [0, 0.1) is 13.8 Å². The lowest BCUT2D eigenvalue weighted by Gasteiger charge is -2.39. The van der Waals surface area contributed by atoms with Gasteiger partial charge >= 0.3 is 6.85 Å². The molecule has 35 heavy (non-hydrogen) atoms. The van der Waals surface area contributed by atoms with E-state index in [4.69, 9.17) is 4.98 Å². The fourth-order valence-electron chi connectivity index (χ4n) is 5.94. The number of hydrogen-bond acceptors (Lipinski definition) is 2. The molecule has 0 spiro atoms. The molecule has 0 bridgehead atoms. The first kappa shape index (κ1) is 23.4. The molecule has 0 amide bonds. The van der Waals surface area contributed by atoms with Gasteiger partial charge < -0.3 is 4.81 Å². The van der Waals surface area contributed by atoms with E-state index in [1.54, 1.807) is 0 Å². The molecule has 1 aliphatic heterocycles. The van der Waals surface area contributed by atoms with Gasteiger partial charge in [0.05, 0.1) is 11.4 Å². The predicted octanol–water partition coefficient (Wildman–Crippen LogP) is 6.83. The van der Waals surface area contributed by atoms with Gasteiger partial charge in [-0.25, -0.2) is 0 Å². The summed E-state index contributed by atoms with van der Waals surface area (Å²) in [7, 11) is 2.26. The van der Waals surface area contributed by atoms with Gasteiger partial charge in [-0.05, 0) is 78.5 Å². The lowest BCUT2D eigenvalue weighted by Crippen LogP contribution is -2.60. The smallest absolute Gasteiger partial charge is 0.324 e. The minimum atomic E-state index is 0.128. The van der Waals surface area contributed by atoms with E-state index in [9.17, 15) is 0 Å². The summed E-state index contributed by atoms with van der Waals surface area (Å²) >= 11 is 0. The van der Waals surface area contributed by atoms with Crippen LogP contribution < -0.4 is 15.7 Å². The Morgan fingerprint density at radius 1 is 0.743 bits per heavy atom. The van der Waals surface area contributed by atoms with Crippen LogP contribution >= 0.6 is 0 Å². The molecule has 0 fully saturated rings. The number of benzene rings is 3. The summed E-state index contributed by atoms with van der Waals surface area (Å²) in [5.74, 6) is 0.886. The average molecular weight is 458 g/mol. The summed E-state index contributed by atoms with van der Waals surface area (Å²) in [6, 6.07) is 24.8. The zero-order chi connectivity index (χ0) is 24.9. The number of fused-ring (bicyclic) bond motifs is 3. The Kier molecular flexibility index (Phi) is 6.05. The quantitative estimate of drug-likeness (QED) is 0.312. The van der Waals surface area contributed by atoms with Crippen molar-refractivity contribution in [1.29, 1.82) is 0 Å². The van der Waals surface area contributed by atoms with Crippen LogP contribution in [-0.4, -0.2) is 18.9 Å². The van der Waals surface area contributed by atoms with Gasteiger partial charge in [0.2, 0.25) is 0 Å². The number of rotatable bonds is 4. The van der Waals surface area contributed by atoms with Gasteiger partial charge in [-0.1, -0.05) is 87.4 Å². The van der Waals surface area contributed by atoms with Gasteiger partial charge in [0.15, 0.2) is 0 Å². The van der Waals surface area contributed by atoms with Gasteiger partial charge in [0.25, 0.3) is 0 Å². The predicted molar refractivity (Wildman–Crippen MR) is 153 cm³/mol. The largest absolute Gasteiger partial charge is 0.407 e. The summed E-state index contributed by atoms with van der Waals surface area (Å²) in [5, 5.41) is 0. The molecule has 0 saturated carbocycles. The number of nitrogens with zero attached hydrogens (tertiary/aromatic N) is 2. The van der Waals surface area contributed by atoms with Crippen molar-refractivity contribution < 1.29 is 0 Å². The third-order valence-electron chi connectivity index (χ3n) is 7.40. The molecule has 1 aliphatic rings. The van der Waals surface area contributed by atoms with Gasteiger partial charge in [-0.3, -0.25) is 4.98 Å². The zero-order valence-corrected chi connectivity index (χ0v) is 22.1. The van der Waals surface area contributed by atoms with E-state index >= 15 is 0 Å². The second-order valence-corrected chi connectivity index (χ2v) is 10.7. The van der Waals surface area contributed by atoms with Crippen LogP contribution in [-0.2, 0) is 0 Å². The van der Waals surface area contributed by atoms with Crippen LogP contribution in [0.15, 0.2) is 72.9 Å². The molecule has 0 unspecified atom stereocenters. The Hall–Kier alpha value is -3.33. The highest BCUT2D eigenvalue weighted by atomic mass is 15.1. The van der Waals surface area contributed by atoms with Gasteiger partial charge in [0.1, 0.15) is 0 Å². The molecule has 0 N–H and O–H groups in total. The third kappa shape index (κ3) is 3.97. The summed E-state index contributed by atoms with van der Waals surface area (Å²) in [5.41, 5.74) is 14.3. The second-order valence-electron chi connectivity index (χ2n) is 10.7. The first-order valence-electron chi connectivity index (χ1n) is 12.8. The highest BCUT2D eigenvalue weighted by molar-refractivity contribution is 6.90. The van der Waals surface area contributed by atoms with Crippen molar-refractivity contribution in [2.75, 3.05) is 11.9 Å². The number of aryl methyl sites for hydroxylation is 2. The maximum atomic E-state index is 4.97. The van der Waals surface area contributed by atoms with Crippen molar-refractivity contribution in [3.63, 3.8) is 0 Å². The van der Waals surface area contributed by atoms with Crippen molar-refractivity contribution in [2.45, 2.75) is 53.4 Å². The van der Waals surface area contributed by atoms with Crippen molar-refractivity contribution in [1.82, 2.24) is 4.98 Å². The van der Waals surface area contributed by atoms with Crippen LogP contribution in [0.3, 0.4) is 0 Å². The Morgan fingerprint density at radius 2 is 1.37 bits per heavy atom. The molecule has 0 aliphatic carbocycles. The van der Waals surface area contributed by atoms with E-state index in [1.165, 1.54) is 55.6 Å². The minimum Gasteiger partial charge on any atom is -0.407 e. The zero-order valence-electron chi connectivity index (χ0n) is 22.1. The van der Waals surface area contributed by atoms with E-state index in [1.807, 2.05) is 6.20 Å². The lowest BCUT2D eigenvalue weighted by atomic mass is 9.43. The van der Waals surface area contributed by atoms with E-state index in [2.05, 4.69) is 120 Å². The molecule has 3 heteroatoms. The standard InChI is InChI=1S/C32H35BN2/c1-20(2)25-12-10-13-26(21(3)4)30(25)33-29-14-9-8-11-27(29)28-15-16-34-31(32(28)35(33)7)24-18-22(5)17-23(6)19-24/h8-21H,1-7H3. The normalized spacial score (nSPS) is 12.8. The van der Waals surface area contributed by atoms with E-state index in [-0.39, 0.29) is 6.85 Å². The van der Waals surface area contributed by atoms with E-state index in [0.717, 1.165) is 5.69 Å². The fourth-order valence-corrected chi connectivity index (χ4v) is 5.94. The highest BCUT2D eigenvalue weighted by Gasteiger charge is 2.38. The highest BCUT2D eigenvalue weighted by Crippen LogP contribution is 2.41. The first-order chi connectivity index (χ1) is 16.8. The monoisotopic (exact) mass is 458 g/mol. The van der Waals surface area contributed by atoms with Gasteiger partial charge in [-0.2, -0.15) is 0 Å². The third-order valence-corrected chi connectivity index (χ3v) is 7.40. The second kappa shape index (κ2) is 9.04. The van der Waals surface area contributed by atoms with Gasteiger partial charge in [0, 0.05) is 17.3 Å². The van der Waals surface area contributed by atoms with Crippen LogP contribution in [0.2, 0.25) is 0 Å². The number of anilines is 1. The van der Waals surface area contributed by atoms with Gasteiger partial charge in [-0.15, -0.1) is 0 Å². The lowest BCUT2D eigenvalue weighted by molar-refractivity contribution is 0.844. The Labute approximate surface area is 211 Å². The molecule has 2 nitrogen and oxygen atoms in total. The molecular formula is C32H35BN2. The van der Waals surface area contributed by atoms with Crippen molar-refractivity contribution >= 4 is 23.5 Å². The summed E-state index contributed by atoms with van der Waals surface area (Å²) in [4.78, 5) is 7.46. The van der Waals surface area contributed by atoms with Crippen LogP contribution in [0.25, 0.3) is 22.4 Å². The molecule has 1 aromatic heterocycles. The molecule has 3 aromatic carbocycles. The van der Waals surface area contributed by atoms with Crippen LogP contribution in [0.5, 0.6) is 0 Å². The molecule has 4 aromatic rings. The number of pyridine rings is 1. The van der Waals surface area contributed by atoms with Crippen LogP contribution in [0.1, 0.15) is 61.8 Å². The molecule has 0 radical (unpaired) electrons. The summed E-state index contributed by atoms with van der Waals surface area (Å²) < 4.78 is 0.